The highest BCUT2D eigenvalue weighted by Crippen LogP contribution is 2.32. The van der Waals surface area contributed by atoms with Gasteiger partial charge in [0, 0.05) is 15.4 Å². The van der Waals surface area contributed by atoms with E-state index in [1.807, 2.05) is 42.5 Å². The van der Waals surface area contributed by atoms with E-state index in [1.165, 1.54) is 0 Å². The molecule has 0 atom stereocenters. The molecule has 3 aromatic rings. The summed E-state index contributed by atoms with van der Waals surface area (Å²) in [5.74, 6) is 0.873. The minimum Gasteiger partial charge on any atom is -0.464 e. The van der Waals surface area contributed by atoms with Crippen LogP contribution in [0.3, 0.4) is 0 Å². The zero-order chi connectivity index (χ0) is 13.9. The first kappa shape index (κ1) is 12.7. The Bertz CT molecular complexity index is 706. The van der Waals surface area contributed by atoms with Crippen molar-refractivity contribution in [1.29, 1.82) is 0 Å². The van der Waals surface area contributed by atoms with Crippen LogP contribution in [0.5, 0.6) is 0 Å². The number of hydrogen-bond acceptors (Lipinski definition) is 4. The summed E-state index contributed by atoms with van der Waals surface area (Å²) >= 11 is 1.65. The number of hydrogen-bond donors (Lipinski definition) is 2. The third-order valence-electron chi connectivity index (χ3n) is 2.95. The fraction of sp³-hybridized carbons (Fsp3) is 0. The van der Waals surface area contributed by atoms with Gasteiger partial charge in [-0.2, -0.15) is 0 Å². The number of nitrogens with two attached hydrogens (primary N) is 2. The van der Waals surface area contributed by atoms with Crippen molar-refractivity contribution in [3.05, 3.63) is 60.9 Å². The SMILES string of the molecule is Nc1ccc(Sc2ccc(-c3ccco3)cc2)cc1N. The minimum absolute atomic E-state index is 0.613. The van der Waals surface area contributed by atoms with Gasteiger partial charge in [-0.05, 0) is 42.5 Å². The number of furan rings is 1. The van der Waals surface area contributed by atoms with Crippen LogP contribution in [-0.2, 0) is 0 Å². The molecule has 0 aliphatic rings. The van der Waals surface area contributed by atoms with Gasteiger partial charge in [0.25, 0.3) is 0 Å². The van der Waals surface area contributed by atoms with Crippen LogP contribution in [0, 0.1) is 0 Å². The Labute approximate surface area is 121 Å². The zero-order valence-corrected chi connectivity index (χ0v) is 11.6. The van der Waals surface area contributed by atoms with Gasteiger partial charge in [0.05, 0.1) is 17.6 Å². The smallest absolute Gasteiger partial charge is 0.133 e. The van der Waals surface area contributed by atoms with E-state index < -0.39 is 0 Å². The molecule has 100 valence electrons. The van der Waals surface area contributed by atoms with Gasteiger partial charge in [0.15, 0.2) is 0 Å². The number of benzene rings is 2. The maximum Gasteiger partial charge on any atom is 0.133 e. The van der Waals surface area contributed by atoms with Gasteiger partial charge in [-0.25, -0.2) is 0 Å². The topological polar surface area (TPSA) is 65.2 Å². The Kier molecular flexibility index (Phi) is 3.39. The van der Waals surface area contributed by atoms with Crippen LogP contribution in [0.15, 0.2) is 75.1 Å². The first-order valence-corrected chi connectivity index (χ1v) is 7.01. The second-order valence-corrected chi connectivity index (χ2v) is 5.54. The van der Waals surface area contributed by atoms with Crippen LogP contribution < -0.4 is 11.5 Å². The lowest BCUT2D eigenvalue weighted by atomic mass is 10.2. The summed E-state index contributed by atoms with van der Waals surface area (Å²) in [6.07, 6.45) is 1.68. The van der Waals surface area contributed by atoms with Crippen LogP contribution in [0.4, 0.5) is 11.4 Å². The minimum atomic E-state index is 0.613. The summed E-state index contributed by atoms with van der Waals surface area (Å²) in [6, 6.07) is 17.7. The summed E-state index contributed by atoms with van der Waals surface area (Å²) in [5.41, 5.74) is 13.8. The van der Waals surface area contributed by atoms with Gasteiger partial charge in [-0.1, -0.05) is 23.9 Å². The Morgan fingerprint density at radius 1 is 0.800 bits per heavy atom. The molecule has 0 saturated heterocycles. The van der Waals surface area contributed by atoms with Gasteiger partial charge in [-0.15, -0.1) is 0 Å². The van der Waals surface area contributed by atoms with Crippen molar-refractivity contribution in [2.75, 3.05) is 11.5 Å². The molecule has 1 aromatic heterocycles. The molecule has 1 heterocycles. The largest absolute Gasteiger partial charge is 0.464 e. The molecule has 0 spiro atoms. The average Bonchev–Trinajstić information content (AvgIpc) is 2.98. The van der Waals surface area contributed by atoms with Crippen LogP contribution in [-0.4, -0.2) is 0 Å². The highest BCUT2D eigenvalue weighted by atomic mass is 32.2. The average molecular weight is 282 g/mol. The lowest BCUT2D eigenvalue weighted by Crippen LogP contribution is -1.93. The van der Waals surface area contributed by atoms with Gasteiger partial charge in [0.1, 0.15) is 5.76 Å². The van der Waals surface area contributed by atoms with Crippen molar-refractivity contribution in [3.8, 4) is 11.3 Å². The van der Waals surface area contributed by atoms with Crippen molar-refractivity contribution >= 4 is 23.1 Å². The molecule has 0 bridgehead atoms. The third kappa shape index (κ3) is 2.65. The summed E-state index contributed by atoms with van der Waals surface area (Å²) in [7, 11) is 0. The standard InChI is InChI=1S/C16H14N2OS/c17-14-8-7-13(10-15(14)18)20-12-5-3-11(4-6-12)16-2-1-9-19-16/h1-10H,17-18H2. The van der Waals surface area contributed by atoms with E-state index in [-0.39, 0.29) is 0 Å². The lowest BCUT2D eigenvalue weighted by molar-refractivity contribution is 0.582. The molecule has 0 aliphatic carbocycles. The molecule has 2 aromatic carbocycles. The number of nitrogen functional groups attached to an aromatic ring is 2. The molecule has 4 heteroatoms. The summed E-state index contributed by atoms with van der Waals surface area (Å²) < 4.78 is 5.37. The van der Waals surface area contributed by atoms with E-state index in [0.29, 0.717) is 11.4 Å². The van der Waals surface area contributed by atoms with Gasteiger partial charge < -0.3 is 15.9 Å². The molecule has 0 aliphatic heterocycles. The van der Waals surface area contributed by atoms with Crippen molar-refractivity contribution in [3.63, 3.8) is 0 Å². The highest BCUT2D eigenvalue weighted by molar-refractivity contribution is 7.99. The quantitative estimate of drug-likeness (QED) is 0.704. The summed E-state index contributed by atoms with van der Waals surface area (Å²) in [6.45, 7) is 0. The first-order valence-electron chi connectivity index (χ1n) is 6.19. The highest BCUT2D eigenvalue weighted by Gasteiger charge is 2.03. The van der Waals surface area contributed by atoms with Crippen molar-refractivity contribution < 1.29 is 4.42 Å². The first-order chi connectivity index (χ1) is 9.72. The van der Waals surface area contributed by atoms with E-state index in [2.05, 4.69) is 12.1 Å². The molecule has 0 saturated carbocycles. The molecule has 0 fully saturated rings. The molecule has 3 rings (SSSR count). The molecule has 4 N–H and O–H groups in total. The predicted molar refractivity (Wildman–Crippen MR) is 83.5 cm³/mol. The maximum absolute atomic E-state index is 5.81. The Hall–Kier alpha value is -2.33. The molecule has 0 radical (unpaired) electrons. The Morgan fingerprint density at radius 2 is 1.55 bits per heavy atom. The monoisotopic (exact) mass is 282 g/mol. The van der Waals surface area contributed by atoms with Gasteiger partial charge in [0.2, 0.25) is 0 Å². The lowest BCUT2D eigenvalue weighted by Gasteiger charge is -2.05. The fourth-order valence-corrected chi connectivity index (χ4v) is 2.75. The number of anilines is 2. The summed E-state index contributed by atoms with van der Waals surface area (Å²) in [4.78, 5) is 2.21. The molecule has 0 amide bonds. The van der Waals surface area contributed by atoms with Crippen molar-refractivity contribution in [1.82, 2.24) is 0 Å². The predicted octanol–water partition coefficient (Wildman–Crippen LogP) is 4.26. The maximum atomic E-state index is 5.81. The van der Waals surface area contributed by atoms with Crippen molar-refractivity contribution in [2.24, 2.45) is 0 Å². The van der Waals surface area contributed by atoms with Crippen LogP contribution in [0.1, 0.15) is 0 Å². The van der Waals surface area contributed by atoms with E-state index in [0.717, 1.165) is 21.1 Å². The van der Waals surface area contributed by atoms with Crippen LogP contribution >= 0.6 is 11.8 Å². The molecule has 3 nitrogen and oxygen atoms in total. The Balaban J connectivity index is 1.79. The second kappa shape index (κ2) is 5.35. The molecular weight excluding hydrogens is 268 g/mol. The van der Waals surface area contributed by atoms with E-state index >= 15 is 0 Å². The second-order valence-electron chi connectivity index (χ2n) is 4.39. The zero-order valence-electron chi connectivity index (χ0n) is 10.7. The van der Waals surface area contributed by atoms with E-state index in [9.17, 15) is 0 Å². The van der Waals surface area contributed by atoms with Crippen molar-refractivity contribution in [2.45, 2.75) is 9.79 Å². The van der Waals surface area contributed by atoms with Crippen LogP contribution in [0.2, 0.25) is 0 Å². The molecule has 20 heavy (non-hydrogen) atoms. The Morgan fingerprint density at radius 3 is 2.20 bits per heavy atom. The van der Waals surface area contributed by atoms with E-state index in [4.69, 9.17) is 15.9 Å². The third-order valence-corrected chi connectivity index (χ3v) is 3.95. The normalized spacial score (nSPS) is 10.6. The summed E-state index contributed by atoms with van der Waals surface area (Å²) in [5, 5.41) is 0. The van der Waals surface area contributed by atoms with Gasteiger partial charge in [-0.3, -0.25) is 0 Å². The van der Waals surface area contributed by atoms with Gasteiger partial charge >= 0.3 is 0 Å². The molecule has 0 unspecified atom stereocenters. The van der Waals surface area contributed by atoms with E-state index in [1.54, 1.807) is 18.0 Å². The van der Waals surface area contributed by atoms with Crippen LogP contribution in [0.25, 0.3) is 11.3 Å². The molecular formula is C16H14N2OS. The number of rotatable bonds is 3. The fourth-order valence-electron chi connectivity index (χ4n) is 1.88.